The number of hydrogen-bond donors (Lipinski definition) is 1. The second kappa shape index (κ2) is 4.85. The molecular formula is C14H17FN2. The van der Waals surface area contributed by atoms with Crippen LogP contribution in [-0.2, 0) is 6.54 Å². The smallest absolute Gasteiger partial charge is 0.140 e. The summed E-state index contributed by atoms with van der Waals surface area (Å²) < 4.78 is 13.1. The summed E-state index contributed by atoms with van der Waals surface area (Å²) in [6, 6.07) is 6.57. The molecule has 1 aliphatic carbocycles. The molecule has 0 bridgehead atoms. The largest absolute Gasteiger partial charge is 0.312 e. The van der Waals surface area contributed by atoms with Crippen LogP contribution in [0, 0.1) is 22.6 Å². The van der Waals surface area contributed by atoms with Gasteiger partial charge < -0.3 is 5.32 Å². The first kappa shape index (κ1) is 12.1. The zero-order valence-corrected chi connectivity index (χ0v) is 10.1. The molecule has 0 heterocycles. The van der Waals surface area contributed by atoms with Crippen LogP contribution in [-0.4, -0.2) is 6.54 Å². The zero-order chi connectivity index (χ0) is 12.3. The molecule has 2 nitrogen and oxygen atoms in total. The van der Waals surface area contributed by atoms with E-state index < -0.39 is 5.82 Å². The van der Waals surface area contributed by atoms with Gasteiger partial charge in [0.05, 0.1) is 5.56 Å². The van der Waals surface area contributed by atoms with E-state index in [0.717, 1.165) is 12.1 Å². The molecule has 2 rings (SSSR count). The maximum atomic E-state index is 13.1. The van der Waals surface area contributed by atoms with E-state index in [1.54, 1.807) is 12.1 Å². The predicted octanol–water partition coefficient (Wildman–Crippen LogP) is 2.98. The normalized spacial score (nSPS) is 17.2. The Morgan fingerprint density at radius 2 is 2.24 bits per heavy atom. The number of nitrogens with zero attached hydrogens (tertiary/aromatic N) is 1. The first-order valence-electron chi connectivity index (χ1n) is 6.02. The summed E-state index contributed by atoms with van der Waals surface area (Å²) in [5.41, 5.74) is 1.53. The summed E-state index contributed by atoms with van der Waals surface area (Å²) >= 11 is 0. The van der Waals surface area contributed by atoms with Gasteiger partial charge in [-0.05, 0) is 36.0 Å². The van der Waals surface area contributed by atoms with Crippen LogP contribution >= 0.6 is 0 Å². The molecule has 0 radical (unpaired) electrons. The zero-order valence-electron chi connectivity index (χ0n) is 10.1. The lowest BCUT2D eigenvalue weighted by Gasteiger charge is -2.38. The third-order valence-corrected chi connectivity index (χ3v) is 3.59. The quantitative estimate of drug-likeness (QED) is 0.866. The van der Waals surface area contributed by atoms with E-state index in [1.807, 2.05) is 6.07 Å². The van der Waals surface area contributed by atoms with Gasteiger partial charge in [-0.15, -0.1) is 0 Å². The Morgan fingerprint density at radius 3 is 2.82 bits per heavy atom. The number of halogens is 1. The fourth-order valence-electron chi connectivity index (χ4n) is 2.23. The summed E-state index contributed by atoms with van der Waals surface area (Å²) in [6.07, 6.45) is 3.90. The van der Waals surface area contributed by atoms with E-state index >= 15 is 0 Å². The standard InChI is InChI=1S/C14H17FN2/c1-14(5-2-6-14)10-17-9-11-3-4-13(15)12(7-11)8-16/h3-4,7,17H,2,5-6,9-10H2,1H3. The van der Waals surface area contributed by atoms with E-state index in [-0.39, 0.29) is 5.56 Å². The Hall–Kier alpha value is -1.40. The van der Waals surface area contributed by atoms with Crippen molar-refractivity contribution in [2.45, 2.75) is 32.7 Å². The van der Waals surface area contributed by atoms with Crippen LogP contribution in [0.25, 0.3) is 0 Å². The summed E-state index contributed by atoms with van der Waals surface area (Å²) in [5.74, 6) is -0.442. The minimum atomic E-state index is -0.442. The van der Waals surface area contributed by atoms with Gasteiger partial charge in [0.2, 0.25) is 0 Å². The molecule has 0 saturated heterocycles. The van der Waals surface area contributed by atoms with Crippen LogP contribution in [0.5, 0.6) is 0 Å². The van der Waals surface area contributed by atoms with E-state index in [0.29, 0.717) is 12.0 Å². The van der Waals surface area contributed by atoms with Gasteiger partial charge in [0.25, 0.3) is 0 Å². The molecule has 0 unspecified atom stereocenters. The highest BCUT2D eigenvalue weighted by Crippen LogP contribution is 2.39. The lowest BCUT2D eigenvalue weighted by molar-refractivity contribution is 0.156. The number of hydrogen-bond acceptors (Lipinski definition) is 2. The molecular weight excluding hydrogens is 215 g/mol. The van der Waals surface area contributed by atoms with Gasteiger partial charge in [-0.1, -0.05) is 19.4 Å². The molecule has 1 saturated carbocycles. The molecule has 0 aromatic heterocycles. The van der Waals surface area contributed by atoms with Crippen molar-refractivity contribution in [1.29, 1.82) is 5.26 Å². The lowest BCUT2D eigenvalue weighted by atomic mass is 9.70. The molecule has 1 N–H and O–H groups in total. The van der Waals surface area contributed by atoms with E-state index in [1.165, 1.54) is 25.3 Å². The van der Waals surface area contributed by atoms with Crippen LogP contribution in [0.3, 0.4) is 0 Å². The van der Waals surface area contributed by atoms with Crippen LogP contribution in [0.4, 0.5) is 4.39 Å². The van der Waals surface area contributed by atoms with Gasteiger partial charge >= 0.3 is 0 Å². The van der Waals surface area contributed by atoms with Crippen molar-refractivity contribution < 1.29 is 4.39 Å². The lowest BCUT2D eigenvalue weighted by Crippen LogP contribution is -2.36. The van der Waals surface area contributed by atoms with E-state index in [9.17, 15) is 4.39 Å². The Labute approximate surface area is 101 Å². The number of nitrogens with one attached hydrogen (secondary N) is 1. The summed E-state index contributed by atoms with van der Waals surface area (Å²) in [6.45, 7) is 3.98. The highest BCUT2D eigenvalue weighted by atomic mass is 19.1. The third kappa shape index (κ3) is 2.83. The second-order valence-corrected chi connectivity index (χ2v) is 5.19. The van der Waals surface area contributed by atoms with Crippen molar-refractivity contribution in [2.24, 2.45) is 5.41 Å². The Kier molecular flexibility index (Phi) is 3.44. The van der Waals surface area contributed by atoms with Crippen molar-refractivity contribution in [1.82, 2.24) is 5.32 Å². The molecule has 0 amide bonds. The number of benzene rings is 1. The molecule has 0 aliphatic heterocycles. The van der Waals surface area contributed by atoms with E-state index in [4.69, 9.17) is 5.26 Å². The fourth-order valence-corrected chi connectivity index (χ4v) is 2.23. The minimum absolute atomic E-state index is 0.124. The summed E-state index contributed by atoms with van der Waals surface area (Å²) in [5, 5.41) is 12.1. The predicted molar refractivity (Wildman–Crippen MR) is 64.8 cm³/mol. The van der Waals surface area contributed by atoms with Crippen molar-refractivity contribution in [3.63, 3.8) is 0 Å². The molecule has 0 atom stereocenters. The summed E-state index contributed by atoms with van der Waals surface area (Å²) in [7, 11) is 0. The molecule has 1 aliphatic rings. The first-order valence-corrected chi connectivity index (χ1v) is 6.02. The minimum Gasteiger partial charge on any atom is -0.312 e. The highest BCUT2D eigenvalue weighted by molar-refractivity contribution is 5.34. The molecule has 1 fully saturated rings. The van der Waals surface area contributed by atoms with Crippen molar-refractivity contribution in [3.05, 3.63) is 35.1 Å². The molecule has 3 heteroatoms. The highest BCUT2D eigenvalue weighted by Gasteiger charge is 2.30. The molecule has 90 valence electrons. The van der Waals surface area contributed by atoms with E-state index in [2.05, 4.69) is 12.2 Å². The van der Waals surface area contributed by atoms with Crippen molar-refractivity contribution >= 4 is 0 Å². The molecule has 1 aromatic rings. The van der Waals surface area contributed by atoms with Gasteiger partial charge in [-0.25, -0.2) is 4.39 Å². The monoisotopic (exact) mass is 232 g/mol. The SMILES string of the molecule is CC1(CNCc2ccc(F)c(C#N)c2)CCC1. The second-order valence-electron chi connectivity index (χ2n) is 5.19. The fraction of sp³-hybridized carbons (Fsp3) is 0.500. The maximum Gasteiger partial charge on any atom is 0.140 e. The molecule has 1 aromatic carbocycles. The average molecular weight is 232 g/mol. The van der Waals surface area contributed by atoms with Crippen LogP contribution in [0.2, 0.25) is 0 Å². The van der Waals surface area contributed by atoms with Crippen molar-refractivity contribution in [2.75, 3.05) is 6.54 Å². The maximum absolute atomic E-state index is 13.1. The van der Waals surface area contributed by atoms with Gasteiger partial charge in [0.1, 0.15) is 11.9 Å². The first-order chi connectivity index (χ1) is 8.13. The van der Waals surface area contributed by atoms with Crippen LogP contribution in [0.1, 0.15) is 37.3 Å². The van der Waals surface area contributed by atoms with Gasteiger partial charge in [-0.2, -0.15) is 5.26 Å². The number of nitriles is 1. The van der Waals surface area contributed by atoms with Gasteiger partial charge in [-0.3, -0.25) is 0 Å². The Morgan fingerprint density at radius 1 is 1.47 bits per heavy atom. The topological polar surface area (TPSA) is 35.8 Å². The van der Waals surface area contributed by atoms with Crippen molar-refractivity contribution in [3.8, 4) is 6.07 Å². The molecule has 0 spiro atoms. The van der Waals surface area contributed by atoms with Gasteiger partial charge in [0.15, 0.2) is 0 Å². The Balaban J connectivity index is 1.89. The van der Waals surface area contributed by atoms with Gasteiger partial charge in [0, 0.05) is 13.1 Å². The molecule has 17 heavy (non-hydrogen) atoms. The Bertz CT molecular complexity index is 444. The van der Waals surface area contributed by atoms with Crippen LogP contribution in [0.15, 0.2) is 18.2 Å². The number of rotatable bonds is 4. The van der Waals surface area contributed by atoms with Crippen LogP contribution < -0.4 is 5.32 Å². The average Bonchev–Trinajstić information content (AvgIpc) is 2.29. The summed E-state index contributed by atoms with van der Waals surface area (Å²) in [4.78, 5) is 0. The third-order valence-electron chi connectivity index (χ3n) is 3.59.